The van der Waals surface area contributed by atoms with Crippen molar-refractivity contribution in [2.24, 2.45) is 0 Å². The Balaban J connectivity index is 3.78. The van der Waals surface area contributed by atoms with Gasteiger partial charge in [0.2, 0.25) is 5.91 Å². The third-order valence-electron chi connectivity index (χ3n) is 2.59. The standard InChI is InChI=1S/C12H26N2O2/c1-10(9-12(2,3)16-5)14-11(15)7-6-8-13-4/h10,13H,6-9H2,1-5H3,(H,14,15). The van der Waals surface area contributed by atoms with Gasteiger partial charge in [0.05, 0.1) is 5.60 Å². The van der Waals surface area contributed by atoms with Crippen LogP contribution in [-0.2, 0) is 9.53 Å². The molecule has 4 nitrogen and oxygen atoms in total. The summed E-state index contributed by atoms with van der Waals surface area (Å²) in [5.74, 6) is 0.120. The fraction of sp³-hybridized carbons (Fsp3) is 0.917. The molecule has 0 rings (SSSR count). The molecule has 0 aromatic carbocycles. The number of carbonyl (C=O) groups excluding carboxylic acids is 1. The van der Waals surface area contributed by atoms with Gasteiger partial charge in [-0.05, 0) is 47.2 Å². The second-order valence-electron chi connectivity index (χ2n) is 4.84. The molecule has 0 aliphatic rings. The minimum absolute atomic E-state index is 0.120. The highest BCUT2D eigenvalue weighted by atomic mass is 16.5. The number of hydrogen-bond donors (Lipinski definition) is 2. The molecule has 16 heavy (non-hydrogen) atoms. The van der Waals surface area contributed by atoms with E-state index in [1.165, 1.54) is 0 Å². The third kappa shape index (κ3) is 7.65. The van der Waals surface area contributed by atoms with E-state index < -0.39 is 0 Å². The summed E-state index contributed by atoms with van der Waals surface area (Å²) < 4.78 is 5.33. The molecule has 1 amide bonds. The second kappa shape index (κ2) is 7.63. The number of hydrogen-bond acceptors (Lipinski definition) is 3. The Hall–Kier alpha value is -0.610. The molecular formula is C12H26N2O2. The lowest BCUT2D eigenvalue weighted by Gasteiger charge is -2.27. The summed E-state index contributed by atoms with van der Waals surface area (Å²) in [6.45, 7) is 6.94. The van der Waals surface area contributed by atoms with Crippen LogP contribution in [0.3, 0.4) is 0 Å². The molecular weight excluding hydrogens is 204 g/mol. The normalized spacial score (nSPS) is 13.6. The molecule has 0 saturated heterocycles. The first kappa shape index (κ1) is 15.4. The average Bonchev–Trinajstić information content (AvgIpc) is 2.17. The highest BCUT2D eigenvalue weighted by molar-refractivity contribution is 5.76. The van der Waals surface area contributed by atoms with E-state index >= 15 is 0 Å². The molecule has 0 spiro atoms. The molecule has 0 aliphatic heterocycles. The minimum Gasteiger partial charge on any atom is -0.379 e. The Morgan fingerprint density at radius 1 is 1.44 bits per heavy atom. The van der Waals surface area contributed by atoms with Crippen LogP contribution in [0.25, 0.3) is 0 Å². The fourth-order valence-corrected chi connectivity index (χ4v) is 1.64. The summed E-state index contributed by atoms with van der Waals surface area (Å²) in [5.41, 5.74) is -0.183. The van der Waals surface area contributed by atoms with E-state index in [1.807, 2.05) is 27.8 Å². The van der Waals surface area contributed by atoms with Gasteiger partial charge >= 0.3 is 0 Å². The molecule has 0 saturated carbocycles. The molecule has 1 atom stereocenters. The Bertz CT molecular complexity index is 205. The first-order valence-corrected chi connectivity index (χ1v) is 5.90. The van der Waals surface area contributed by atoms with Crippen LogP contribution >= 0.6 is 0 Å². The number of ether oxygens (including phenoxy) is 1. The molecule has 0 bridgehead atoms. The van der Waals surface area contributed by atoms with Crippen molar-refractivity contribution in [3.63, 3.8) is 0 Å². The van der Waals surface area contributed by atoms with Crippen molar-refractivity contribution in [1.29, 1.82) is 0 Å². The van der Waals surface area contributed by atoms with Crippen LogP contribution in [0.15, 0.2) is 0 Å². The van der Waals surface area contributed by atoms with Crippen molar-refractivity contribution >= 4 is 5.91 Å². The molecule has 0 aromatic heterocycles. The van der Waals surface area contributed by atoms with Crippen LogP contribution in [0, 0.1) is 0 Å². The SMILES string of the molecule is CNCCCC(=O)NC(C)CC(C)(C)OC. The van der Waals surface area contributed by atoms with E-state index in [0.717, 1.165) is 19.4 Å². The van der Waals surface area contributed by atoms with Gasteiger partial charge < -0.3 is 15.4 Å². The average molecular weight is 230 g/mol. The summed E-state index contributed by atoms with van der Waals surface area (Å²) in [4.78, 5) is 11.5. The number of rotatable bonds is 8. The zero-order chi connectivity index (χ0) is 12.6. The minimum atomic E-state index is -0.183. The van der Waals surface area contributed by atoms with Crippen LogP contribution in [0.1, 0.15) is 40.0 Å². The predicted molar refractivity (Wildman–Crippen MR) is 66.5 cm³/mol. The lowest BCUT2D eigenvalue weighted by atomic mass is 10.00. The monoisotopic (exact) mass is 230 g/mol. The first-order valence-electron chi connectivity index (χ1n) is 5.90. The van der Waals surface area contributed by atoms with Gasteiger partial charge in [-0.15, -0.1) is 0 Å². The van der Waals surface area contributed by atoms with Gasteiger partial charge in [-0.1, -0.05) is 0 Å². The van der Waals surface area contributed by atoms with E-state index in [1.54, 1.807) is 7.11 Å². The zero-order valence-corrected chi connectivity index (χ0v) is 11.2. The maximum atomic E-state index is 11.5. The summed E-state index contributed by atoms with van der Waals surface area (Å²) in [5, 5.41) is 6.01. The molecule has 0 fully saturated rings. The van der Waals surface area contributed by atoms with E-state index in [-0.39, 0.29) is 17.6 Å². The zero-order valence-electron chi connectivity index (χ0n) is 11.2. The summed E-state index contributed by atoms with van der Waals surface area (Å²) in [6.07, 6.45) is 2.28. The number of nitrogens with one attached hydrogen (secondary N) is 2. The van der Waals surface area contributed by atoms with Gasteiger partial charge in [-0.2, -0.15) is 0 Å². The summed E-state index contributed by atoms with van der Waals surface area (Å²) >= 11 is 0. The highest BCUT2D eigenvalue weighted by Gasteiger charge is 2.20. The van der Waals surface area contributed by atoms with Crippen molar-refractivity contribution < 1.29 is 9.53 Å². The molecule has 0 aliphatic carbocycles. The molecule has 2 N–H and O–H groups in total. The number of methoxy groups -OCH3 is 1. The van der Waals surface area contributed by atoms with Gasteiger partial charge in [0.25, 0.3) is 0 Å². The van der Waals surface area contributed by atoms with Crippen molar-refractivity contribution in [2.45, 2.75) is 51.7 Å². The van der Waals surface area contributed by atoms with Gasteiger partial charge in [0.15, 0.2) is 0 Å². The van der Waals surface area contributed by atoms with Gasteiger partial charge in [-0.3, -0.25) is 4.79 Å². The third-order valence-corrected chi connectivity index (χ3v) is 2.59. The second-order valence-corrected chi connectivity index (χ2v) is 4.84. The van der Waals surface area contributed by atoms with E-state index in [4.69, 9.17) is 4.74 Å². The fourth-order valence-electron chi connectivity index (χ4n) is 1.64. The van der Waals surface area contributed by atoms with Crippen LogP contribution < -0.4 is 10.6 Å². The topological polar surface area (TPSA) is 50.4 Å². The Morgan fingerprint density at radius 2 is 2.06 bits per heavy atom. The van der Waals surface area contributed by atoms with Crippen LogP contribution in [0.5, 0.6) is 0 Å². The summed E-state index contributed by atoms with van der Waals surface area (Å²) in [7, 11) is 3.59. The molecule has 0 aromatic rings. The van der Waals surface area contributed by atoms with Crippen molar-refractivity contribution in [3.05, 3.63) is 0 Å². The predicted octanol–water partition coefficient (Wildman–Crippen LogP) is 1.31. The quantitative estimate of drug-likeness (QED) is 0.618. The van der Waals surface area contributed by atoms with Gasteiger partial charge in [-0.25, -0.2) is 0 Å². The Kier molecular flexibility index (Phi) is 7.34. The number of carbonyl (C=O) groups is 1. The first-order chi connectivity index (χ1) is 7.41. The van der Waals surface area contributed by atoms with Crippen molar-refractivity contribution in [1.82, 2.24) is 10.6 Å². The Morgan fingerprint density at radius 3 is 2.56 bits per heavy atom. The largest absolute Gasteiger partial charge is 0.379 e. The van der Waals surface area contributed by atoms with E-state index in [2.05, 4.69) is 10.6 Å². The van der Waals surface area contributed by atoms with Crippen molar-refractivity contribution in [2.75, 3.05) is 20.7 Å². The van der Waals surface area contributed by atoms with Crippen LogP contribution in [0.2, 0.25) is 0 Å². The highest BCUT2D eigenvalue weighted by Crippen LogP contribution is 2.15. The molecule has 1 unspecified atom stereocenters. The summed E-state index contributed by atoms with van der Waals surface area (Å²) in [6, 6.07) is 0.150. The van der Waals surface area contributed by atoms with Crippen molar-refractivity contribution in [3.8, 4) is 0 Å². The van der Waals surface area contributed by atoms with Crippen LogP contribution in [-0.4, -0.2) is 38.3 Å². The van der Waals surface area contributed by atoms with E-state index in [0.29, 0.717) is 6.42 Å². The molecule has 0 heterocycles. The molecule has 0 radical (unpaired) electrons. The van der Waals surface area contributed by atoms with Gasteiger partial charge in [0, 0.05) is 19.6 Å². The maximum Gasteiger partial charge on any atom is 0.220 e. The lowest BCUT2D eigenvalue weighted by Crippen LogP contribution is -2.39. The van der Waals surface area contributed by atoms with Gasteiger partial charge in [0.1, 0.15) is 0 Å². The smallest absolute Gasteiger partial charge is 0.220 e. The molecule has 96 valence electrons. The maximum absolute atomic E-state index is 11.5. The Labute approximate surface area is 99.1 Å². The van der Waals surface area contributed by atoms with Crippen LogP contribution in [0.4, 0.5) is 0 Å². The molecule has 4 heteroatoms. The van der Waals surface area contributed by atoms with E-state index in [9.17, 15) is 4.79 Å². The lowest BCUT2D eigenvalue weighted by molar-refractivity contribution is -0.122. The number of amides is 1.